The average molecular weight is 268 g/mol. The quantitative estimate of drug-likeness (QED) is 0.923. The predicted molar refractivity (Wildman–Crippen MR) is 70.2 cm³/mol. The highest BCUT2D eigenvalue weighted by Crippen LogP contribution is 2.30. The molecule has 1 atom stereocenters. The van der Waals surface area contributed by atoms with Gasteiger partial charge in [-0.15, -0.1) is 0 Å². The van der Waals surface area contributed by atoms with Gasteiger partial charge in [0.25, 0.3) is 0 Å². The molecular formula is C13H15ClFN3. The third-order valence-corrected chi connectivity index (χ3v) is 3.22. The van der Waals surface area contributed by atoms with Gasteiger partial charge in [-0.25, -0.2) is 4.39 Å². The van der Waals surface area contributed by atoms with Crippen LogP contribution in [0, 0.1) is 5.82 Å². The number of aromatic nitrogens is 2. The molecule has 0 aliphatic carbocycles. The average Bonchev–Trinajstić information content (AvgIpc) is 2.82. The highest BCUT2D eigenvalue weighted by molar-refractivity contribution is 6.31. The van der Waals surface area contributed by atoms with Crippen LogP contribution in [0.1, 0.15) is 24.1 Å². The number of aryl methyl sites for hydroxylation is 1. The number of nitrogens with one attached hydrogen (secondary N) is 1. The molecule has 1 N–H and O–H groups in total. The van der Waals surface area contributed by atoms with Crippen LogP contribution < -0.4 is 5.32 Å². The Morgan fingerprint density at radius 1 is 1.50 bits per heavy atom. The van der Waals surface area contributed by atoms with Crippen molar-refractivity contribution in [1.29, 1.82) is 0 Å². The van der Waals surface area contributed by atoms with E-state index in [1.54, 1.807) is 30.1 Å². The van der Waals surface area contributed by atoms with Crippen LogP contribution in [0.4, 0.5) is 4.39 Å². The van der Waals surface area contributed by atoms with Crippen molar-refractivity contribution in [3.8, 4) is 0 Å². The second kappa shape index (κ2) is 5.50. The van der Waals surface area contributed by atoms with Gasteiger partial charge in [-0.3, -0.25) is 4.68 Å². The summed E-state index contributed by atoms with van der Waals surface area (Å²) in [4.78, 5) is 0. The first-order chi connectivity index (χ1) is 8.67. The molecule has 0 fully saturated rings. The van der Waals surface area contributed by atoms with Crippen LogP contribution >= 0.6 is 11.6 Å². The number of nitrogens with zero attached hydrogens (tertiary/aromatic N) is 2. The van der Waals surface area contributed by atoms with E-state index in [2.05, 4.69) is 10.4 Å². The van der Waals surface area contributed by atoms with E-state index in [0.29, 0.717) is 10.6 Å². The fourth-order valence-electron chi connectivity index (χ4n) is 1.97. The molecule has 96 valence electrons. The number of halogens is 2. The van der Waals surface area contributed by atoms with E-state index in [4.69, 9.17) is 11.6 Å². The fraction of sp³-hybridized carbons (Fsp3) is 0.308. The van der Waals surface area contributed by atoms with E-state index in [9.17, 15) is 4.39 Å². The molecule has 0 spiro atoms. The minimum absolute atomic E-state index is 0.293. The van der Waals surface area contributed by atoms with E-state index in [-0.39, 0.29) is 11.9 Å². The summed E-state index contributed by atoms with van der Waals surface area (Å²) in [5.74, 6) is -0.314. The van der Waals surface area contributed by atoms with Crippen molar-refractivity contribution in [3.63, 3.8) is 0 Å². The maximum atomic E-state index is 13.9. The summed E-state index contributed by atoms with van der Waals surface area (Å²) in [6, 6.07) is 4.41. The first-order valence-corrected chi connectivity index (χ1v) is 6.18. The van der Waals surface area contributed by atoms with Crippen molar-refractivity contribution in [1.82, 2.24) is 15.1 Å². The predicted octanol–water partition coefficient (Wildman–Crippen LogP) is 3.00. The van der Waals surface area contributed by atoms with E-state index in [1.165, 1.54) is 6.07 Å². The maximum absolute atomic E-state index is 13.9. The minimum atomic E-state index is -0.314. The lowest BCUT2D eigenvalue weighted by atomic mass is 10.0. The molecule has 0 aliphatic heterocycles. The van der Waals surface area contributed by atoms with Crippen LogP contribution in [0.5, 0.6) is 0 Å². The smallest absolute Gasteiger partial charge is 0.129 e. The normalized spacial score (nSPS) is 12.7. The van der Waals surface area contributed by atoms with Gasteiger partial charge in [0.15, 0.2) is 0 Å². The Bertz CT molecular complexity index is 519. The molecule has 0 aliphatic rings. The molecule has 5 heteroatoms. The Morgan fingerprint density at radius 2 is 2.28 bits per heavy atom. The van der Waals surface area contributed by atoms with Crippen LogP contribution in [0.3, 0.4) is 0 Å². The van der Waals surface area contributed by atoms with Crippen LogP contribution in [0.2, 0.25) is 5.02 Å². The summed E-state index contributed by atoms with van der Waals surface area (Å²) < 4.78 is 15.7. The Morgan fingerprint density at radius 3 is 2.83 bits per heavy atom. The molecule has 1 aromatic heterocycles. The van der Waals surface area contributed by atoms with Gasteiger partial charge in [0.1, 0.15) is 5.82 Å². The Kier molecular flexibility index (Phi) is 3.99. The zero-order valence-electron chi connectivity index (χ0n) is 10.3. The molecule has 0 bridgehead atoms. The van der Waals surface area contributed by atoms with Gasteiger partial charge in [0.05, 0.1) is 12.2 Å². The van der Waals surface area contributed by atoms with Crippen molar-refractivity contribution in [3.05, 3.63) is 52.6 Å². The Balaban J connectivity index is 2.45. The molecule has 1 unspecified atom stereocenters. The second-order valence-corrected chi connectivity index (χ2v) is 4.39. The molecule has 2 rings (SSSR count). The number of benzene rings is 1. The lowest BCUT2D eigenvalue weighted by molar-refractivity contribution is 0.575. The standard InChI is InChI=1S/C13H15ClFN3/c1-3-18-8-9(7-17-18)13(16-2)12-10(14)5-4-6-11(12)15/h4-8,13,16H,3H2,1-2H3. The van der Waals surface area contributed by atoms with Gasteiger partial charge in [-0.2, -0.15) is 5.10 Å². The lowest BCUT2D eigenvalue weighted by Gasteiger charge is -2.17. The molecule has 0 radical (unpaired) electrons. The van der Waals surface area contributed by atoms with Crippen LogP contribution in [0.25, 0.3) is 0 Å². The summed E-state index contributed by atoms with van der Waals surface area (Å²) in [5, 5.41) is 7.69. The molecule has 0 saturated carbocycles. The summed E-state index contributed by atoms with van der Waals surface area (Å²) >= 11 is 6.09. The van der Waals surface area contributed by atoms with Crippen molar-refractivity contribution in [2.45, 2.75) is 19.5 Å². The summed E-state index contributed by atoms with van der Waals surface area (Å²) in [6.07, 6.45) is 3.62. The summed E-state index contributed by atoms with van der Waals surface area (Å²) in [6.45, 7) is 2.78. The second-order valence-electron chi connectivity index (χ2n) is 3.99. The third kappa shape index (κ3) is 2.40. The van der Waals surface area contributed by atoms with Crippen LogP contribution in [-0.4, -0.2) is 16.8 Å². The SMILES string of the molecule is CCn1cc(C(NC)c2c(F)cccc2Cl)cn1. The first kappa shape index (κ1) is 13.1. The fourth-order valence-corrected chi connectivity index (χ4v) is 2.24. The Hall–Kier alpha value is -1.39. The van der Waals surface area contributed by atoms with Gasteiger partial charge < -0.3 is 5.32 Å². The largest absolute Gasteiger partial charge is 0.309 e. The Labute approximate surface area is 111 Å². The maximum Gasteiger partial charge on any atom is 0.129 e. The van der Waals surface area contributed by atoms with E-state index in [0.717, 1.165) is 12.1 Å². The summed E-state index contributed by atoms with van der Waals surface area (Å²) in [7, 11) is 1.77. The van der Waals surface area contributed by atoms with Crippen molar-refractivity contribution < 1.29 is 4.39 Å². The molecule has 0 amide bonds. The molecule has 1 heterocycles. The van der Waals surface area contributed by atoms with Gasteiger partial charge in [-0.05, 0) is 26.1 Å². The van der Waals surface area contributed by atoms with E-state index < -0.39 is 0 Å². The van der Waals surface area contributed by atoms with E-state index in [1.807, 2.05) is 13.1 Å². The molecular weight excluding hydrogens is 253 g/mol. The van der Waals surface area contributed by atoms with Gasteiger partial charge >= 0.3 is 0 Å². The highest BCUT2D eigenvalue weighted by atomic mass is 35.5. The number of hydrogen-bond acceptors (Lipinski definition) is 2. The third-order valence-electron chi connectivity index (χ3n) is 2.89. The topological polar surface area (TPSA) is 29.9 Å². The van der Waals surface area contributed by atoms with E-state index >= 15 is 0 Å². The molecule has 3 nitrogen and oxygen atoms in total. The lowest BCUT2D eigenvalue weighted by Crippen LogP contribution is -2.19. The summed E-state index contributed by atoms with van der Waals surface area (Å²) in [5.41, 5.74) is 1.35. The zero-order chi connectivity index (χ0) is 13.1. The van der Waals surface area contributed by atoms with Crippen LogP contribution in [0.15, 0.2) is 30.6 Å². The first-order valence-electron chi connectivity index (χ1n) is 5.81. The molecule has 18 heavy (non-hydrogen) atoms. The highest BCUT2D eigenvalue weighted by Gasteiger charge is 2.20. The zero-order valence-corrected chi connectivity index (χ0v) is 11.1. The molecule has 1 aromatic carbocycles. The van der Waals surface area contributed by atoms with Crippen molar-refractivity contribution in [2.75, 3.05) is 7.05 Å². The minimum Gasteiger partial charge on any atom is -0.309 e. The van der Waals surface area contributed by atoms with Gasteiger partial charge in [-0.1, -0.05) is 17.7 Å². The number of rotatable bonds is 4. The molecule has 0 saturated heterocycles. The molecule has 2 aromatic rings. The van der Waals surface area contributed by atoms with Crippen LogP contribution in [-0.2, 0) is 6.54 Å². The van der Waals surface area contributed by atoms with Gasteiger partial charge in [0.2, 0.25) is 0 Å². The number of hydrogen-bond donors (Lipinski definition) is 1. The van der Waals surface area contributed by atoms with Crippen molar-refractivity contribution in [2.24, 2.45) is 0 Å². The van der Waals surface area contributed by atoms with Gasteiger partial charge in [0, 0.05) is 28.9 Å². The monoisotopic (exact) mass is 267 g/mol. The van der Waals surface area contributed by atoms with Crippen molar-refractivity contribution >= 4 is 11.6 Å².